The minimum absolute atomic E-state index is 0.0207. The van der Waals surface area contributed by atoms with Gasteiger partial charge in [0.15, 0.2) is 0 Å². The normalized spacial score (nSPS) is 27.3. The second kappa shape index (κ2) is 10.5. The predicted octanol–water partition coefficient (Wildman–Crippen LogP) is 3.29. The molecule has 3 rings (SSSR count). The van der Waals surface area contributed by atoms with Gasteiger partial charge in [0.2, 0.25) is 11.8 Å². The molecule has 0 spiro atoms. The first-order valence-electron chi connectivity index (χ1n) is 12.1. The van der Waals surface area contributed by atoms with Crippen molar-refractivity contribution in [2.45, 2.75) is 70.4 Å². The van der Waals surface area contributed by atoms with Crippen molar-refractivity contribution in [1.29, 1.82) is 0 Å². The number of carbonyl (C=O) groups is 2. The summed E-state index contributed by atoms with van der Waals surface area (Å²) in [6.45, 7) is 4.80. The minimum Gasteiger partial charge on any atom is -0.384 e. The summed E-state index contributed by atoms with van der Waals surface area (Å²) in [5, 5.41) is 15.2. The van der Waals surface area contributed by atoms with E-state index in [-0.39, 0.29) is 42.4 Å². The molecular formula is C25H37ClN2O5S. The summed E-state index contributed by atoms with van der Waals surface area (Å²) in [4.78, 5) is 27.8. The molecule has 2 amide bonds. The van der Waals surface area contributed by atoms with Gasteiger partial charge in [-0.1, -0.05) is 50.4 Å². The Kier molecular flexibility index (Phi) is 8.36. The molecule has 0 unspecified atom stereocenters. The maximum atomic E-state index is 13.6. The van der Waals surface area contributed by atoms with Gasteiger partial charge in [-0.15, -0.1) is 0 Å². The van der Waals surface area contributed by atoms with Gasteiger partial charge in [0.1, 0.15) is 9.84 Å². The number of piperidine rings is 1. The first-order chi connectivity index (χ1) is 15.8. The van der Waals surface area contributed by atoms with Crippen LogP contribution in [0, 0.1) is 11.3 Å². The number of amides is 2. The fourth-order valence-corrected chi connectivity index (χ4v) is 6.17. The smallest absolute Gasteiger partial charge is 0.227 e. The molecule has 0 bridgehead atoms. The van der Waals surface area contributed by atoms with Crippen LogP contribution in [-0.2, 0) is 25.0 Å². The van der Waals surface area contributed by atoms with Crippen molar-refractivity contribution in [3.8, 4) is 0 Å². The van der Waals surface area contributed by atoms with E-state index in [9.17, 15) is 23.1 Å². The molecule has 1 aliphatic carbocycles. The molecule has 1 aliphatic heterocycles. The van der Waals surface area contributed by atoms with E-state index in [1.807, 2.05) is 30.9 Å². The van der Waals surface area contributed by atoms with Gasteiger partial charge in [0.05, 0.1) is 17.3 Å². The van der Waals surface area contributed by atoms with Crippen LogP contribution in [0.3, 0.4) is 0 Å². The van der Waals surface area contributed by atoms with E-state index < -0.39 is 20.9 Å². The standard InChI is InChI=1S/C25H37ClN2O5S/c1-24(2)17-28(15-14-25(24,31)18-10-12-19(26)13-11-18)23(30)20-7-4-5-8-21(20)27-22(29)9-6-16-34(3,32)33/h10-13,20-21,31H,4-9,14-17H2,1-3H3,(H,27,29)/t20-,21+,25-/m0/s1. The third-order valence-electron chi connectivity index (χ3n) is 7.43. The molecule has 1 heterocycles. The monoisotopic (exact) mass is 512 g/mol. The molecule has 1 saturated carbocycles. The van der Waals surface area contributed by atoms with E-state index in [1.54, 1.807) is 12.1 Å². The number of halogens is 1. The quantitative estimate of drug-likeness (QED) is 0.583. The van der Waals surface area contributed by atoms with E-state index in [0.29, 0.717) is 31.0 Å². The van der Waals surface area contributed by atoms with E-state index in [2.05, 4.69) is 5.32 Å². The molecule has 2 N–H and O–H groups in total. The minimum atomic E-state index is -3.10. The molecule has 7 nitrogen and oxygen atoms in total. The number of nitrogens with one attached hydrogen (secondary N) is 1. The highest BCUT2D eigenvalue weighted by Crippen LogP contribution is 2.46. The van der Waals surface area contributed by atoms with Gasteiger partial charge in [-0.05, 0) is 43.4 Å². The van der Waals surface area contributed by atoms with Gasteiger partial charge >= 0.3 is 0 Å². The van der Waals surface area contributed by atoms with E-state index >= 15 is 0 Å². The second-order valence-corrected chi connectivity index (χ2v) is 13.3. The molecule has 2 aliphatic rings. The summed E-state index contributed by atoms with van der Waals surface area (Å²) in [6, 6.07) is 6.99. The van der Waals surface area contributed by atoms with Crippen LogP contribution in [0.1, 0.15) is 64.4 Å². The summed E-state index contributed by atoms with van der Waals surface area (Å²) < 4.78 is 22.6. The lowest BCUT2D eigenvalue weighted by Crippen LogP contribution is -2.59. The molecule has 9 heteroatoms. The van der Waals surface area contributed by atoms with Gasteiger partial charge in [0.25, 0.3) is 0 Å². The Hall–Kier alpha value is -1.64. The highest BCUT2D eigenvalue weighted by Gasteiger charge is 2.50. The van der Waals surface area contributed by atoms with Crippen LogP contribution in [-0.4, -0.2) is 61.4 Å². The molecule has 0 radical (unpaired) electrons. The zero-order chi connectivity index (χ0) is 25.1. The zero-order valence-corrected chi connectivity index (χ0v) is 21.9. The molecule has 0 aromatic heterocycles. The summed E-state index contributed by atoms with van der Waals surface area (Å²) >= 11 is 6.02. The number of benzene rings is 1. The van der Waals surface area contributed by atoms with Crippen molar-refractivity contribution in [2.24, 2.45) is 11.3 Å². The molecule has 3 atom stereocenters. The van der Waals surface area contributed by atoms with Gasteiger partial charge < -0.3 is 15.3 Å². The van der Waals surface area contributed by atoms with Gasteiger partial charge in [-0.3, -0.25) is 9.59 Å². The Morgan fingerprint density at radius 2 is 1.82 bits per heavy atom. The Morgan fingerprint density at radius 3 is 2.44 bits per heavy atom. The SMILES string of the molecule is CC1(C)CN(C(=O)[C@H]2CCCC[C@H]2NC(=O)CCCS(C)(=O)=O)CC[C@]1(O)c1ccc(Cl)cc1. The van der Waals surface area contributed by atoms with Crippen LogP contribution in [0.4, 0.5) is 0 Å². The summed E-state index contributed by atoms with van der Waals surface area (Å²) in [5.41, 5.74) is -0.854. The number of aliphatic hydroxyl groups is 1. The van der Waals surface area contributed by atoms with E-state index in [0.717, 1.165) is 31.1 Å². The molecule has 1 aromatic carbocycles. The number of hydrogen-bond acceptors (Lipinski definition) is 5. The van der Waals surface area contributed by atoms with Crippen LogP contribution in [0.15, 0.2) is 24.3 Å². The number of nitrogens with zero attached hydrogens (tertiary/aromatic N) is 1. The lowest BCUT2D eigenvalue weighted by Gasteiger charge is -2.51. The fraction of sp³-hybridized carbons (Fsp3) is 0.680. The lowest BCUT2D eigenvalue weighted by molar-refractivity contribution is -0.158. The predicted molar refractivity (Wildman–Crippen MR) is 133 cm³/mol. The van der Waals surface area contributed by atoms with Crippen LogP contribution >= 0.6 is 11.6 Å². The largest absolute Gasteiger partial charge is 0.384 e. The van der Waals surface area contributed by atoms with Crippen molar-refractivity contribution in [3.05, 3.63) is 34.9 Å². The highest BCUT2D eigenvalue weighted by molar-refractivity contribution is 7.90. The molecule has 190 valence electrons. The number of sulfone groups is 1. The van der Waals surface area contributed by atoms with Crippen LogP contribution in [0.25, 0.3) is 0 Å². The Morgan fingerprint density at radius 1 is 1.18 bits per heavy atom. The van der Waals surface area contributed by atoms with E-state index in [1.165, 1.54) is 0 Å². The number of hydrogen-bond donors (Lipinski definition) is 2. The Bertz CT molecular complexity index is 995. The van der Waals surface area contributed by atoms with Gasteiger partial charge in [0, 0.05) is 42.2 Å². The van der Waals surface area contributed by atoms with Crippen molar-refractivity contribution in [1.82, 2.24) is 10.2 Å². The van der Waals surface area contributed by atoms with Gasteiger partial charge in [-0.25, -0.2) is 8.42 Å². The highest BCUT2D eigenvalue weighted by atomic mass is 35.5. The van der Waals surface area contributed by atoms with Crippen molar-refractivity contribution in [2.75, 3.05) is 25.1 Å². The molecule has 1 saturated heterocycles. The third kappa shape index (κ3) is 6.32. The molecule has 1 aromatic rings. The number of carbonyl (C=O) groups excluding carboxylic acids is 2. The maximum Gasteiger partial charge on any atom is 0.227 e. The zero-order valence-electron chi connectivity index (χ0n) is 20.3. The van der Waals surface area contributed by atoms with Crippen LogP contribution in [0.5, 0.6) is 0 Å². The Labute approximate surface area is 208 Å². The summed E-state index contributed by atoms with van der Waals surface area (Å²) in [7, 11) is -3.10. The second-order valence-electron chi connectivity index (χ2n) is 10.6. The molecular weight excluding hydrogens is 476 g/mol. The van der Waals surface area contributed by atoms with Crippen molar-refractivity contribution in [3.63, 3.8) is 0 Å². The molecule has 34 heavy (non-hydrogen) atoms. The first-order valence-corrected chi connectivity index (χ1v) is 14.5. The van der Waals surface area contributed by atoms with Crippen LogP contribution < -0.4 is 5.32 Å². The average molecular weight is 513 g/mol. The topological polar surface area (TPSA) is 104 Å². The molecule has 2 fully saturated rings. The van der Waals surface area contributed by atoms with Crippen LogP contribution in [0.2, 0.25) is 5.02 Å². The third-order valence-corrected chi connectivity index (χ3v) is 8.71. The lowest BCUT2D eigenvalue weighted by atomic mass is 9.66. The fourth-order valence-electron chi connectivity index (χ4n) is 5.38. The average Bonchev–Trinajstić information content (AvgIpc) is 2.75. The van der Waals surface area contributed by atoms with E-state index in [4.69, 9.17) is 11.6 Å². The van der Waals surface area contributed by atoms with Crippen molar-refractivity contribution >= 4 is 33.3 Å². The Balaban J connectivity index is 1.65. The van der Waals surface area contributed by atoms with Crippen molar-refractivity contribution < 1.29 is 23.1 Å². The van der Waals surface area contributed by atoms with Gasteiger partial charge in [-0.2, -0.15) is 0 Å². The number of rotatable bonds is 7. The summed E-state index contributed by atoms with van der Waals surface area (Å²) in [6.07, 6.45) is 5.32. The first kappa shape index (κ1) is 27.0. The number of likely N-dealkylation sites (tertiary alicyclic amines) is 1. The summed E-state index contributed by atoms with van der Waals surface area (Å²) in [5.74, 6) is -0.505. The maximum absolute atomic E-state index is 13.6.